The average molecular weight is 271 g/mol. The zero-order valence-corrected chi connectivity index (χ0v) is 11.8. The summed E-state index contributed by atoms with van der Waals surface area (Å²) in [6.45, 7) is 3.61. The molecular weight excluding hydrogens is 256 g/mol. The van der Waals surface area contributed by atoms with E-state index >= 15 is 0 Å². The van der Waals surface area contributed by atoms with E-state index in [0.717, 1.165) is 17.0 Å². The molecule has 3 rings (SSSR count). The second-order valence-electron chi connectivity index (χ2n) is 5.23. The van der Waals surface area contributed by atoms with Crippen LogP contribution in [0, 0.1) is 0 Å². The maximum absolute atomic E-state index is 11.5. The smallest absolute Gasteiger partial charge is 0.136 e. The van der Waals surface area contributed by atoms with Crippen molar-refractivity contribution < 1.29 is 4.79 Å². The topological polar surface area (TPSA) is 17.1 Å². The summed E-state index contributed by atoms with van der Waals surface area (Å²) in [5.74, 6) is 0.177. The number of hydrogen-bond donors (Lipinski definition) is 0. The summed E-state index contributed by atoms with van der Waals surface area (Å²) in [5.41, 5.74) is 6.18. The fraction of sp³-hybridized carbons (Fsp3) is 0.235. The molecule has 0 heterocycles. The van der Waals surface area contributed by atoms with Gasteiger partial charge >= 0.3 is 0 Å². The first-order valence-electron chi connectivity index (χ1n) is 6.48. The molecule has 1 nitrogen and oxygen atoms in total. The Morgan fingerprint density at radius 2 is 1.89 bits per heavy atom. The van der Waals surface area contributed by atoms with Crippen LogP contribution in [-0.4, -0.2) is 5.78 Å². The van der Waals surface area contributed by atoms with E-state index < -0.39 is 0 Å². The van der Waals surface area contributed by atoms with Gasteiger partial charge in [0.2, 0.25) is 0 Å². The van der Waals surface area contributed by atoms with Crippen LogP contribution >= 0.6 is 11.6 Å². The number of ketones is 1. The minimum Gasteiger partial charge on any atom is -0.299 e. The van der Waals surface area contributed by atoms with Crippen molar-refractivity contribution in [2.45, 2.75) is 26.2 Å². The van der Waals surface area contributed by atoms with Gasteiger partial charge in [-0.05, 0) is 53.3 Å². The molecular formula is C17H15ClO. The maximum Gasteiger partial charge on any atom is 0.136 e. The molecule has 1 aliphatic rings. The van der Waals surface area contributed by atoms with Gasteiger partial charge in [-0.1, -0.05) is 42.8 Å². The van der Waals surface area contributed by atoms with Gasteiger partial charge in [-0.25, -0.2) is 0 Å². The van der Waals surface area contributed by atoms with E-state index in [2.05, 4.69) is 24.3 Å². The van der Waals surface area contributed by atoms with E-state index in [-0.39, 0.29) is 11.7 Å². The number of Topliss-reactive ketones (excluding diaryl/α,β-unsaturated/α-hetero) is 1. The molecule has 19 heavy (non-hydrogen) atoms. The Morgan fingerprint density at radius 3 is 2.63 bits per heavy atom. The standard InChI is InChI=1S/C17H15ClO/c1-10(11(2)19)12-4-6-16-14(7-12)8-13-3-5-15(18)9-17(13)16/h3-7,9-10H,8H2,1-2H3. The predicted molar refractivity (Wildman–Crippen MR) is 78.8 cm³/mol. The monoisotopic (exact) mass is 270 g/mol. The summed E-state index contributed by atoms with van der Waals surface area (Å²) in [6, 6.07) is 12.4. The third kappa shape index (κ3) is 2.08. The van der Waals surface area contributed by atoms with Crippen molar-refractivity contribution in [2.24, 2.45) is 0 Å². The fourth-order valence-corrected chi connectivity index (χ4v) is 2.86. The summed E-state index contributed by atoms with van der Waals surface area (Å²) in [7, 11) is 0. The summed E-state index contributed by atoms with van der Waals surface area (Å²) in [6.07, 6.45) is 0.931. The van der Waals surface area contributed by atoms with E-state index in [4.69, 9.17) is 11.6 Å². The molecule has 0 N–H and O–H groups in total. The normalized spacial score (nSPS) is 13.8. The molecule has 1 unspecified atom stereocenters. The maximum atomic E-state index is 11.5. The second kappa shape index (κ2) is 4.50. The number of carbonyl (C=O) groups is 1. The number of benzene rings is 2. The van der Waals surface area contributed by atoms with Crippen LogP contribution in [0.25, 0.3) is 11.1 Å². The summed E-state index contributed by atoms with van der Waals surface area (Å²) >= 11 is 6.07. The van der Waals surface area contributed by atoms with Crippen molar-refractivity contribution in [2.75, 3.05) is 0 Å². The third-order valence-electron chi connectivity index (χ3n) is 3.98. The van der Waals surface area contributed by atoms with Crippen LogP contribution in [0.1, 0.15) is 36.5 Å². The van der Waals surface area contributed by atoms with Gasteiger partial charge in [-0.2, -0.15) is 0 Å². The molecule has 0 bridgehead atoms. The highest BCUT2D eigenvalue weighted by Crippen LogP contribution is 2.39. The predicted octanol–water partition coefficient (Wildman–Crippen LogP) is 4.60. The molecule has 0 saturated heterocycles. The Bertz CT molecular complexity index is 673. The minimum absolute atomic E-state index is 0.0300. The molecule has 0 aliphatic heterocycles. The average Bonchev–Trinajstić information content (AvgIpc) is 2.74. The van der Waals surface area contributed by atoms with Gasteiger partial charge in [0, 0.05) is 10.9 Å². The van der Waals surface area contributed by atoms with Crippen LogP contribution in [0.2, 0.25) is 5.02 Å². The van der Waals surface area contributed by atoms with Crippen LogP contribution in [0.15, 0.2) is 36.4 Å². The van der Waals surface area contributed by atoms with Crippen molar-refractivity contribution >= 4 is 17.4 Å². The quantitative estimate of drug-likeness (QED) is 0.665. The summed E-state index contributed by atoms with van der Waals surface area (Å²) < 4.78 is 0. The van der Waals surface area contributed by atoms with Crippen LogP contribution in [0.3, 0.4) is 0 Å². The van der Waals surface area contributed by atoms with E-state index in [1.807, 2.05) is 19.1 Å². The Labute approximate surface area is 118 Å². The van der Waals surface area contributed by atoms with Gasteiger partial charge in [0.1, 0.15) is 5.78 Å². The molecule has 0 radical (unpaired) electrons. The van der Waals surface area contributed by atoms with Crippen molar-refractivity contribution in [1.29, 1.82) is 0 Å². The highest BCUT2D eigenvalue weighted by atomic mass is 35.5. The van der Waals surface area contributed by atoms with E-state index in [9.17, 15) is 4.79 Å². The van der Waals surface area contributed by atoms with Crippen molar-refractivity contribution in [1.82, 2.24) is 0 Å². The Balaban J connectivity index is 2.07. The first-order chi connectivity index (χ1) is 9.06. The molecule has 0 aromatic heterocycles. The lowest BCUT2D eigenvalue weighted by Crippen LogP contribution is -2.04. The first-order valence-corrected chi connectivity index (χ1v) is 6.86. The van der Waals surface area contributed by atoms with Crippen LogP contribution < -0.4 is 0 Å². The van der Waals surface area contributed by atoms with Crippen molar-refractivity contribution in [3.05, 3.63) is 58.1 Å². The van der Waals surface area contributed by atoms with Crippen molar-refractivity contribution in [3.63, 3.8) is 0 Å². The highest BCUT2D eigenvalue weighted by Gasteiger charge is 2.20. The Kier molecular flexibility index (Phi) is 2.94. The number of carbonyl (C=O) groups excluding carboxylic acids is 1. The zero-order valence-electron chi connectivity index (χ0n) is 11.0. The summed E-state index contributed by atoms with van der Waals surface area (Å²) in [4.78, 5) is 11.5. The van der Waals surface area contributed by atoms with Gasteiger partial charge in [-0.3, -0.25) is 4.79 Å². The minimum atomic E-state index is -0.0300. The lowest BCUT2D eigenvalue weighted by molar-refractivity contribution is -0.118. The number of halogens is 1. The van der Waals surface area contributed by atoms with E-state index in [1.54, 1.807) is 6.92 Å². The Hall–Kier alpha value is -1.60. The first kappa shape index (κ1) is 12.4. The molecule has 0 fully saturated rings. The van der Waals surface area contributed by atoms with Crippen LogP contribution in [0.5, 0.6) is 0 Å². The molecule has 2 heteroatoms. The Morgan fingerprint density at radius 1 is 1.11 bits per heavy atom. The molecule has 1 atom stereocenters. The lowest BCUT2D eigenvalue weighted by Gasteiger charge is -2.10. The van der Waals surface area contributed by atoms with Gasteiger partial charge in [0.05, 0.1) is 0 Å². The number of hydrogen-bond acceptors (Lipinski definition) is 1. The molecule has 0 amide bonds. The molecule has 2 aromatic carbocycles. The van der Waals surface area contributed by atoms with Crippen LogP contribution in [0.4, 0.5) is 0 Å². The zero-order chi connectivity index (χ0) is 13.6. The van der Waals surface area contributed by atoms with Crippen LogP contribution in [-0.2, 0) is 11.2 Å². The lowest BCUT2D eigenvalue weighted by atomic mass is 9.94. The third-order valence-corrected chi connectivity index (χ3v) is 4.22. The van der Waals surface area contributed by atoms with E-state index in [1.165, 1.54) is 22.3 Å². The number of fused-ring (bicyclic) bond motifs is 3. The largest absolute Gasteiger partial charge is 0.299 e. The SMILES string of the molecule is CC(=O)C(C)c1ccc2c(c1)Cc1ccc(Cl)cc1-2. The molecule has 1 aliphatic carbocycles. The van der Waals surface area contributed by atoms with Gasteiger partial charge in [-0.15, -0.1) is 0 Å². The van der Waals surface area contributed by atoms with Gasteiger partial charge < -0.3 is 0 Å². The number of rotatable bonds is 2. The molecule has 96 valence electrons. The molecule has 2 aromatic rings. The summed E-state index contributed by atoms with van der Waals surface area (Å²) in [5, 5.41) is 0.771. The second-order valence-corrected chi connectivity index (χ2v) is 5.66. The van der Waals surface area contributed by atoms with E-state index in [0.29, 0.717) is 0 Å². The van der Waals surface area contributed by atoms with Crippen molar-refractivity contribution in [3.8, 4) is 11.1 Å². The fourth-order valence-electron chi connectivity index (χ4n) is 2.69. The van der Waals surface area contributed by atoms with Gasteiger partial charge in [0.15, 0.2) is 0 Å². The highest BCUT2D eigenvalue weighted by molar-refractivity contribution is 6.31. The van der Waals surface area contributed by atoms with Gasteiger partial charge in [0.25, 0.3) is 0 Å². The molecule has 0 saturated carbocycles. The molecule has 0 spiro atoms.